The number of aromatic nitrogens is 1. The van der Waals surface area contributed by atoms with Crippen LogP contribution in [0.5, 0.6) is 5.75 Å². The highest BCUT2D eigenvalue weighted by molar-refractivity contribution is 6.05. The summed E-state index contributed by atoms with van der Waals surface area (Å²) in [5.74, 6) is 1.69. The fraction of sp³-hybridized carbons (Fsp3) is 0.481. The average molecular weight is 475 g/mol. The fourth-order valence-electron chi connectivity index (χ4n) is 5.97. The van der Waals surface area contributed by atoms with Gasteiger partial charge in [-0.1, -0.05) is 6.07 Å². The maximum absolute atomic E-state index is 13.0. The molecule has 2 aromatic rings. The summed E-state index contributed by atoms with van der Waals surface area (Å²) in [5.41, 5.74) is 4.22. The second-order valence-corrected chi connectivity index (χ2v) is 10.2. The molecule has 0 spiro atoms. The van der Waals surface area contributed by atoms with Gasteiger partial charge < -0.3 is 9.64 Å². The van der Waals surface area contributed by atoms with Crippen molar-refractivity contribution in [1.29, 1.82) is 0 Å². The highest BCUT2D eigenvalue weighted by Gasteiger charge is 2.39. The normalized spacial score (nSPS) is 24.6. The third-order valence-corrected chi connectivity index (χ3v) is 7.98. The maximum atomic E-state index is 13.0. The Labute approximate surface area is 204 Å². The number of amides is 3. The predicted octanol–water partition coefficient (Wildman–Crippen LogP) is 2.75. The Balaban J connectivity index is 1.24. The number of methoxy groups -OCH3 is 1. The van der Waals surface area contributed by atoms with Gasteiger partial charge in [0.15, 0.2) is 0 Å². The zero-order valence-electron chi connectivity index (χ0n) is 20.0. The molecule has 2 unspecified atom stereocenters. The molecular formula is C27H30N4O4. The first-order valence-corrected chi connectivity index (χ1v) is 12.5. The van der Waals surface area contributed by atoms with Crippen molar-refractivity contribution in [2.24, 2.45) is 11.8 Å². The minimum atomic E-state index is -0.619. The van der Waals surface area contributed by atoms with E-state index in [2.05, 4.69) is 15.2 Å². The number of piperidine rings is 1. The van der Waals surface area contributed by atoms with Crippen LogP contribution in [-0.2, 0) is 22.7 Å². The van der Waals surface area contributed by atoms with Crippen LogP contribution in [0.3, 0.4) is 0 Å². The number of fused-ring (bicyclic) bond motifs is 1. The van der Waals surface area contributed by atoms with Crippen molar-refractivity contribution in [2.45, 2.75) is 51.2 Å². The monoisotopic (exact) mass is 474 g/mol. The van der Waals surface area contributed by atoms with Crippen LogP contribution in [0, 0.1) is 11.8 Å². The van der Waals surface area contributed by atoms with Gasteiger partial charge in [-0.3, -0.25) is 29.6 Å². The van der Waals surface area contributed by atoms with E-state index < -0.39 is 11.9 Å². The third-order valence-electron chi connectivity index (χ3n) is 7.98. The number of nitrogens with zero attached hydrogens (tertiary/aromatic N) is 3. The lowest BCUT2D eigenvalue weighted by molar-refractivity contribution is -0.136. The van der Waals surface area contributed by atoms with E-state index in [4.69, 9.17) is 4.74 Å². The minimum Gasteiger partial charge on any atom is -0.494 e. The van der Waals surface area contributed by atoms with Gasteiger partial charge in [0.05, 0.1) is 7.11 Å². The van der Waals surface area contributed by atoms with Crippen LogP contribution in [0.1, 0.15) is 53.6 Å². The Morgan fingerprint density at radius 3 is 2.71 bits per heavy atom. The van der Waals surface area contributed by atoms with Gasteiger partial charge >= 0.3 is 0 Å². The minimum absolute atomic E-state index is 0.172. The molecule has 4 aliphatic rings. The van der Waals surface area contributed by atoms with Crippen LogP contribution in [0.15, 0.2) is 30.5 Å². The number of carbonyl (C=O) groups is 3. The number of carbonyl (C=O) groups excluding carboxylic acids is 3. The topological polar surface area (TPSA) is 91.8 Å². The van der Waals surface area contributed by atoms with Crippen molar-refractivity contribution in [3.8, 4) is 17.0 Å². The summed E-state index contributed by atoms with van der Waals surface area (Å²) in [4.78, 5) is 45.6. The van der Waals surface area contributed by atoms with Gasteiger partial charge in [0.25, 0.3) is 5.91 Å². The summed E-state index contributed by atoms with van der Waals surface area (Å²) in [6, 6.07) is 7.11. The van der Waals surface area contributed by atoms with Crippen molar-refractivity contribution >= 4 is 17.7 Å². The van der Waals surface area contributed by atoms with E-state index >= 15 is 0 Å². The number of ether oxygens (including phenoxy) is 1. The lowest BCUT2D eigenvalue weighted by Crippen LogP contribution is -2.52. The molecule has 1 aromatic carbocycles. The second-order valence-electron chi connectivity index (χ2n) is 10.2. The van der Waals surface area contributed by atoms with Crippen molar-refractivity contribution < 1.29 is 19.1 Å². The molecule has 3 fully saturated rings. The molecule has 0 bridgehead atoms. The Morgan fingerprint density at radius 1 is 1.09 bits per heavy atom. The lowest BCUT2D eigenvalue weighted by Gasteiger charge is -2.29. The number of likely N-dealkylation sites (tertiary alicyclic amines) is 1. The molecule has 182 valence electrons. The highest BCUT2D eigenvalue weighted by Crippen LogP contribution is 2.42. The third kappa shape index (κ3) is 4.10. The summed E-state index contributed by atoms with van der Waals surface area (Å²) in [6.45, 7) is 3.46. The quantitative estimate of drug-likeness (QED) is 0.648. The average Bonchev–Trinajstić information content (AvgIpc) is 3.52. The Morgan fingerprint density at radius 2 is 1.94 bits per heavy atom. The van der Waals surface area contributed by atoms with E-state index in [1.54, 1.807) is 12.0 Å². The summed E-state index contributed by atoms with van der Waals surface area (Å²) < 4.78 is 5.86. The molecule has 35 heavy (non-hydrogen) atoms. The van der Waals surface area contributed by atoms with Crippen LogP contribution >= 0.6 is 0 Å². The van der Waals surface area contributed by atoms with Gasteiger partial charge in [-0.15, -0.1) is 0 Å². The number of hydrogen-bond acceptors (Lipinski definition) is 6. The molecule has 6 rings (SSSR count). The van der Waals surface area contributed by atoms with Crippen molar-refractivity contribution in [3.63, 3.8) is 0 Å². The Bertz CT molecular complexity index is 1210. The van der Waals surface area contributed by atoms with Gasteiger partial charge in [-0.05, 0) is 67.8 Å². The molecule has 2 saturated heterocycles. The van der Waals surface area contributed by atoms with E-state index in [0.717, 1.165) is 59.6 Å². The van der Waals surface area contributed by atoms with Crippen LogP contribution in [0.25, 0.3) is 11.3 Å². The number of imide groups is 1. The first-order valence-electron chi connectivity index (χ1n) is 12.5. The first kappa shape index (κ1) is 22.2. The molecule has 3 amide bonds. The van der Waals surface area contributed by atoms with Gasteiger partial charge in [-0.25, -0.2) is 0 Å². The molecule has 1 aromatic heterocycles. The predicted molar refractivity (Wildman–Crippen MR) is 128 cm³/mol. The molecule has 2 atom stereocenters. The van der Waals surface area contributed by atoms with E-state index in [1.165, 1.54) is 19.3 Å². The molecule has 1 aliphatic carbocycles. The van der Waals surface area contributed by atoms with Gasteiger partial charge in [0.1, 0.15) is 17.5 Å². The van der Waals surface area contributed by atoms with Crippen LogP contribution in [-0.4, -0.2) is 58.7 Å². The standard InChI is InChI=1S/C27H30N4O4/c1-35-25-19(14-30-11-9-18(13-30)16-2-3-16)8-10-28-24(25)17-4-5-21-20(12-17)15-31(27(21)34)22-6-7-23(32)29-26(22)33/h4-5,8,10,12,16,18,22H,2-3,6-7,9,11,13-15H2,1H3,(H,29,32,33). The molecule has 8 nitrogen and oxygen atoms in total. The van der Waals surface area contributed by atoms with E-state index in [0.29, 0.717) is 18.5 Å². The summed E-state index contributed by atoms with van der Waals surface area (Å²) in [6.07, 6.45) is 6.50. The molecule has 3 aliphatic heterocycles. The summed E-state index contributed by atoms with van der Waals surface area (Å²) in [5, 5.41) is 2.35. The number of hydrogen-bond donors (Lipinski definition) is 1. The Hall–Kier alpha value is -3.26. The Kier molecular flexibility index (Phi) is 5.56. The van der Waals surface area contributed by atoms with Crippen LogP contribution < -0.4 is 10.1 Å². The number of benzene rings is 1. The van der Waals surface area contributed by atoms with E-state index in [-0.39, 0.29) is 18.2 Å². The fourth-order valence-corrected chi connectivity index (χ4v) is 5.97. The number of pyridine rings is 1. The van der Waals surface area contributed by atoms with Crippen molar-refractivity contribution in [1.82, 2.24) is 20.1 Å². The highest BCUT2D eigenvalue weighted by atomic mass is 16.5. The van der Waals surface area contributed by atoms with E-state index in [1.807, 2.05) is 30.5 Å². The SMILES string of the molecule is COc1c(CN2CCC(C3CC3)C2)ccnc1-c1ccc2c(c1)CN(C1CCC(=O)NC1=O)C2=O. The molecule has 0 radical (unpaired) electrons. The molecule has 4 heterocycles. The first-order chi connectivity index (χ1) is 17.0. The van der Waals surface area contributed by atoms with E-state index in [9.17, 15) is 14.4 Å². The number of nitrogens with one attached hydrogen (secondary N) is 1. The molecule has 1 saturated carbocycles. The van der Waals surface area contributed by atoms with Gasteiger partial charge in [0.2, 0.25) is 11.8 Å². The zero-order chi connectivity index (χ0) is 24.1. The van der Waals surface area contributed by atoms with Crippen LogP contribution in [0.4, 0.5) is 0 Å². The smallest absolute Gasteiger partial charge is 0.255 e. The van der Waals surface area contributed by atoms with Crippen molar-refractivity contribution in [3.05, 3.63) is 47.2 Å². The van der Waals surface area contributed by atoms with Crippen molar-refractivity contribution in [2.75, 3.05) is 20.2 Å². The number of rotatable bonds is 6. The summed E-state index contributed by atoms with van der Waals surface area (Å²) >= 11 is 0. The van der Waals surface area contributed by atoms with Crippen LogP contribution in [0.2, 0.25) is 0 Å². The maximum Gasteiger partial charge on any atom is 0.255 e. The lowest BCUT2D eigenvalue weighted by atomic mass is 10.0. The molecule has 1 N–H and O–H groups in total. The van der Waals surface area contributed by atoms with Gasteiger partial charge in [0, 0.05) is 48.9 Å². The summed E-state index contributed by atoms with van der Waals surface area (Å²) in [7, 11) is 1.68. The zero-order valence-corrected chi connectivity index (χ0v) is 20.0. The second kappa shape index (κ2) is 8.75. The molecular weight excluding hydrogens is 444 g/mol. The van der Waals surface area contributed by atoms with Gasteiger partial charge in [-0.2, -0.15) is 0 Å². The largest absolute Gasteiger partial charge is 0.494 e. The molecule has 8 heteroatoms.